The number of nitrogens with zero attached hydrogens (tertiary/aromatic N) is 3. The number of fused-ring (bicyclic) bond motifs is 1. The first-order valence-electron chi connectivity index (χ1n) is 9.32. The Morgan fingerprint density at radius 2 is 1.93 bits per heavy atom. The lowest BCUT2D eigenvalue weighted by molar-refractivity contribution is -0.113. The number of aromatic nitrogens is 4. The van der Waals surface area contributed by atoms with E-state index in [1.807, 2.05) is 54.6 Å². The third kappa shape index (κ3) is 4.12. The fraction of sp³-hybridized carbons (Fsp3) is 0.190. The van der Waals surface area contributed by atoms with Crippen LogP contribution in [0, 0.1) is 0 Å². The molecule has 0 aliphatic carbocycles. The van der Waals surface area contributed by atoms with Crippen molar-refractivity contribution < 1.29 is 4.79 Å². The lowest BCUT2D eigenvalue weighted by Crippen LogP contribution is -2.16. The van der Waals surface area contributed by atoms with Gasteiger partial charge in [-0.2, -0.15) is 0 Å². The van der Waals surface area contributed by atoms with Crippen LogP contribution in [0.1, 0.15) is 25.3 Å². The summed E-state index contributed by atoms with van der Waals surface area (Å²) in [5.74, 6) is 7.20. The van der Waals surface area contributed by atoms with Crippen molar-refractivity contribution in [2.75, 3.05) is 16.9 Å². The molecular weight excluding hydrogens is 384 g/mol. The lowest BCUT2D eigenvalue weighted by atomic mass is 10.0. The van der Waals surface area contributed by atoms with Crippen LogP contribution in [0.4, 0.5) is 5.69 Å². The van der Waals surface area contributed by atoms with E-state index in [4.69, 9.17) is 5.84 Å². The summed E-state index contributed by atoms with van der Waals surface area (Å²) in [6, 6.07) is 17.8. The third-order valence-electron chi connectivity index (χ3n) is 4.63. The SMILES string of the molecule is CC(C)c1ccc(NC(=O)CSc2nnc(-c3cc4ccccc4[nH]3)n2N)cc1. The molecule has 0 radical (unpaired) electrons. The predicted molar refractivity (Wildman–Crippen MR) is 117 cm³/mol. The number of carbonyl (C=O) groups excluding carboxylic acids is 1. The van der Waals surface area contributed by atoms with E-state index in [-0.39, 0.29) is 11.7 Å². The summed E-state index contributed by atoms with van der Waals surface area (Å²) in [6.45, 7) is 4.27. The van der Waals surface area contributed by atoms with E-state index < -0.39 is 0 Å². The van der Waals surface area contributed by atoms with Gasteiger partial charge in [0.15, 0.2) is 5.82 Å². The maximum atomic E-state index is 12.3. The van der Waals surface area contributed by atoms with Crippen LogP contribution >= 0.6 is 11.8 Å². The third-order valence-corrected chi connectivity index (χ3v) is 5.57. The molecule has 4 rings (SSSR count). The maximum Gasteiger partial charge on any atom is 0.234 e. The maximum absolute atomic E-state index is 12.3. The number of nitrogen functional groups attached to an aromatic ring is 1. The zero-order valence-electron chi connectivity index (χ0n) is 16.2. The van der Waals surface area contributed by atoms with Gasteiger partial charge in [-0.1, -0.05) is 55.9 Å². The first-order valence-corrected chi connectivity index (χ1v) is 10.3. The van der Waals surface area contributed by atoms with Crippen molar-refractivity contribution >= 4 is 34.3 Å². The number of rotatable bonds is 6. The van der Waals surface area contributed by atoms with Gasteiger partial charge in [0.1, 0.15) is 0 Å². The minimum absolute atomic E-state index is 0.123. The average Bonchev–Trinajstić information content (AvgIpc) is 3.29. The molecule has 0 spiro atoms. The number of aromatic amines is 1. The quantitative estimate of drug-likeness (QED) is 0.332. The number of para-hydroxylation sites is 1. The fourth-order valence-electron chi connectivity index (χ4n) is 3.03. The van der Waals surface area contributed by atoms with Crippen molar-refractivity contribution in [3.8, 4) is 11.5 Å². The van der Waals surface area contributed by atoms with E-state index in [1.165, 1.54) is 22.0 Å². The lowest BCUT2D eigenvalue weighted by Gasteiger charge is -2.08. The predicted octanol–water partition coefficient (Wildman–Crippen LogP) is 3.99. The van der Waals surface area contributed by atoms with E-state index in [2.05, 4.69) is 34.3 Å². The van der Waals surface area contributed by atoms with Crippen LogP contribution in [0.2, 0.25) is 0 Å². The van der Waals surface area contributed by atoms with Gasteiger partial charge in [0, 0.05) is 16.6 Å². The van der Waals surface area contributed by atoms with Crippen molar-refractivity contribution in [1.82, 2.24) is 19.9 Å². The summed E-state index contributed by atoms with van der Waals surface area (Å²) < 4.78 is 1.40. The van der Waals surface area contributed by atoms with Crippen LogP contribution in [-0.4, -0.2) is 31.5 Å². The molecule has 0 fully saturated rings. The summed E-state index contributed by atoms with van der Waals surface area (Å²) in [4.78, 5) is 15.6. The molecule has 0 aliphatic rings. The molecule has 148 valence electrons. The Morgan fingerprint density at radius 1 is 1.17 bits per heavy atom. The van der Waals surface area contributed by atoms with Gasteiger partial charge in [-0.25, -0.2) is 4.68 Å². The Hall–Kier alpha value is -3.26. The molecule has 2 aromatic carbocycles. The zero-order valence-corrected chi connectivity index (χ0v) is 17.0. The Morgan fingerprint density at radius 3 is 2.66 bits per heavy atom. The van der Waals surface area contributed by atoms with Crippen molar-refractivity contribution in [3.63, 3.8) is 0 Å². The summed E-state index contributed by atoms with van der Waals surface area (Å²) in [5.41, 5.74) is 3.79. The topological polar surface area (TPSA) is 102 Å². The second-order valence-corrected chi connectivity index (χ2v) is 8.00. The van der Waals surface area contributed by atoms with Crippen molar-refractivity contribution in [3.05, 3.63) is 60.2 Å². The molecule has 0 saturated carbocycles. The Kier molecular flexibility index (Phi) is 5.26. The molecule has 4 aromatic rings. The Labute approximate surface area is 172 Å². The fourth-order valence-corrected chi connectivity index (χ4v) is 3.69. The number of thioether (sulfide) groups is 1. The summed E-state index contributed by atoms with van der Waals surface area (Å²) in [7, 11) is 0. The van der Waals surface area contributed by atoms with Crippen LogP contribution in [0.3, 0.4) is 0 Å². The minimum Gasteiger partial charge on any atom is -0.352 e. The van der Waals surface area contributed by atoms with E-state index in [0.717, 1.165) is 22.3 Å². The molecule has 8 heteroatoms. The number of carbonyl (C=O) groups is 1. The van der Waals surface area contributed by atoms with E-state index >= 15 is 0 Å². The molecular formula is C21H22N6OS. The number of nitrogens with two attached hydrogens (primary N) is 1. The molecule has 2 heterocycles. The van der Waals surface area contributed by atoms with Crippen LogP contribution in [0.15, 0.2) is 59.8 Å². The van der Waals surface area contributed by atoms with Crippen LogP contribution in [-0.2, 0) is 4.79 Å². The molecule has 7 nitrogen and oxygen atoms in total. The largest absolute Gasteiger partial charge is 0.352 e. The number of nitrogens with one attached hydrogen (secondary N) is 2. The highest BCUT2D eigenvalue weighted by atomic mass is 32.2. The average molecular weight is 407 g/mol. The van der Waals surface area contributed by atoms with Gasteiger partial charge in [0.05, 0.1) is 11.4 Å². The van der Waals surface area contributed by atoms with E-state index in [9.17, 15) is 4.79 Å². The Bertz CT molecular complexity index is 1110. The number of amides is 1. The summed E-state index contributed by atoms with van der Waals surface area (Å²) in [6.07, 6.45) is 0. The Balaban J connectivity index is 1.40. The van der Waals surface area contributed by atoms with Gasteiger partial charge in [-0.15, -0.1) is 10.2 Å². The number of hydrogen-bond acceptors (Lipinski definition) is 5. The second-order valence-electron chi connectivity index (χ2n) is 7.06. The minimum atomic E-state index is -0.123. The zero-order chi connectivity index (χ0) is 20.4. The van der Waals surface area contributed by atoms with Crippen molar-refractivity contribution in [2.24, 2.45) is 0 Å². The highest BCUT2D eigenvalue weighted by Gasteiger charge is 2.15. The van der Waals surface area contributed by atoms with E-state index in [0.29, 0.717) is 16.9 Å². The van der Waals surface area contributed by atoms with Gasteiger partial charge in [0.25, 0.3) is 0 Å². The van der Waals surface area contributed by atoms with Gasteiger partial charge in [0.2, 0.25) is 11.1 Å². The van der Waals surface area contributed by atoms with Gasteiger partial charge >= 0.3 is 0 Å². The molecule has 0 bridgehead atoms. The second kappa shape index (κ2) is 8.00. The van der Waals surface area contributed by atoms with Crippen molar-refractivity contribution in [2.45, 2.75) is 24.9 Å². The smallest absolute Gasteiger partial charge is 0.234 e. The normalized spacial score (nSPS) is 11.3. The molecule has 0 unspecified atom stereocenters. The number of H-pyrrole nitrogens is 1. The highest BCUT2D eigenvalue weighted by molar-refractivity contribution is 7.99. The molecule has 0 aliphatic heterocycles. The monoisotopic (exact) mass is 406 g/mol. The highest BCUT2D eigenvalue weighted by Crippen LogP contribution is 2.25. The molecule has 0 atom stereocenters. The van der Waals surface area contributed by atoms with Crippen LogP contribution in [0.25, 0.3) is 22.4 Å². The van der Waals surface area contributed by atoms with Crippen LogP contribution < -0.4 is 11.2 Å². The molecule has 4 N–H and O–H groups in total. The van der Waals surface area contributed by atoms with Crippen LogP contribution in [0.5, 0.6) is 0 Å². The molecule has 29 heavy (non-hydrogen) atoms. The van der Waals surface area contributed by atoms with Crippen molar-refractivity contribution in [1.29, 1.82) is 0 Å². The first kappa shape index (κ1) is 19.1. The van der Waals surface area contributed by atoms with Gasteiger partial charge in [-0.3, -0.25) is 4.79 Å². The number of hydrogen-bond donors (Lipinski definition) is 3. The standard InChI is InChI=1S/C21H22N6OS/c1-13(2)14-7-9-16(10-8-14)23-19(28)12-29-21-26-25-20(27(21)22)18-11-15-5-3-4-6-17(15)24-18/h3-11,13,24H,12,22H2,1-2H3,(H,23,28). The molecule has 1 amide bonds. The van der Waals surface area contributed by atoms with Gasteiger partial charge in [-0.05, 0) is 35.7 Å². The number of benzene rings is 2. The molecule has 0 saturated heterocycles. The van der Waals surface area contributed by atoms with Gasteiger partial charge < -0.3 is 16.1 Å². The summed E-state index contributed by atoms with van der Waals surface area (Å²) >= 11 is 1.24. The first-order chi connectivity index (χ1) is 14.0. The number of anilines is 1. The molecule has 2 aromatic heterocycles. The summed E-state index contributed by atoms with van der Waals surface area (Å²) in [5, 5.41) is 12.7. The van der Waals surface area contributed by atoms with E-state index in [1.54, 1.807) is 0 Å².